The SMILES string of the molecule is CCCCCCCCCCCCC(O)(CC(=O)[O-])C[N+](C)(C)C.O=P(O)(O)O. The number of likely N-dealkylation sites (N-methyl/N-ethyl adjacent to an activating group) is 1. The van der Waals surface area contributed by atoms with Gasteiger partial charge in [-0.2, -0.15) is 0 Å². The Kier molecular flexibility index (Phi) is 16.3. The molecule has 0 aliphatic rings. The van der Waals surface area contributed by atoms with Gasteiger partial charge in [-0.1, -0.05) is 71.1 Å². The van der Waals surface area contributed by atoms with Gasteiger partial charge in [0.25, 0.3) is 0 Å². The fourth-order valence-corrected chi connectivity index (χ4v) is 3.32. The van der Waals surface area contributed by atoms with Gasteiger partial charge in [0.05, 0.1) is 21.1 Å². The molecule has 0 rings (SSSR count). The standard InChI is InChI=1S/C19H39NO3.H3O4P/c1-5-6-7-8-9-10-11-12-13-14-15-19(23,16-18(21)22)17-20(2,3)4;1-5(2,3)4/h23H,5-17H2,1-4H3;(H3,1,2,3,4). The Morgan fingerprint density at radius 3 is 1.57 bits per heavy atom. The van der Waals surface area contributed by atoms with Crippen LogP contribution in [0.5, 0.6) is 0 Å². The summed E-state index contributed by atoms with van der Waals surface area (Å²) in [6, 6.07) is 0. The predicted molar refractivity (Wildman–Crippen MR) is 108 cm³/mol. The van der Waals surface area contributed by atoms with Crippen molar-refractivity contribution in [2.24, 2.45) is 0 Å². The highest BCUT2D eigenvalue weighted by Gasteiger charge is 2.33. The lowest BCUT2D eigenvalue weighted by Gasteiger charge is -2.36. The number of rotatable bonds is 15. The first-order valence-electron chi connectivity index (χ1n) is 10.2. The molecule has 0 saturated carbocycles. The number of hydrogen-bond acceptors (Lipinski definition) is 4. The van der Waals surface area contributed by atoms with E-state index in [0.717, 1.165) is 12.8 Å². The molecule has 8 nitrogen and oxygen atoms in total. The summed E-state index contributed by atoms with van der Waals surface area (Å²) in [7, 11) is 1.27. The Balaban J connectivity index is 0. The third-order valence-electron chi connectivity index (χ3n) is 4.24. The van der Waals surface area contributed by atoms with Crippen LogP contribution in [0.15, 0.2) is 0 Å². The predicted octanol–water partition coefficient (Wildman–Crippen LogP) is 1.95. The second kappa shape index (κ2) is 15.4. The normalized spacial score (nSPS) is 14.1. The van der Waals surface area contributed by atoms with E-state index in [4.69, 9.17) is 19.2 Å². The zero-order valence-electron chi connectivity index (χ0n) is 18.1. The number of unbranched alkanes of at least 4 members (excludes halogenated alkanes) is 9. The Hall–Kier alpha value is -0.500. The average molecular weight is 428 g/mol. The first kappa shape index (κ1) is 29.7. The van der Waals surface area contributed by atoms with Gasteiger partial charge >= 0.3 is 7.82 Å². The molecule has 0 aliphatic heterocycles. The van der Waals surface area contributed by atoms with E-state index in [1.807, 2.05) is 21.1 Å². The molecule has 1 unspecified atom stereocenters. The van der Waals surface area contributed by atoms with Crippen molar-refractivity contribution in [1.82, 2.24) is 0 Å². The van der Waals surface area contributed by atoms with Crippen LogP contribution in [-0.2, 0) is 9.36 Å². The number of quaternary nitrogens is 1. The number of carboxylic acid groups (broad SMARTS) is 1. The fraction of sp³-hybridized carbons (Fsp3) is 0.947. The van der Waals surface area contributed by atoms with Gasteiger partial charge in [0.2, 0.25) is 0 Å². The number of aliphatic hydroxyl groups is 1. The molecule has 0 aromatic carbocycles. The summed E-state index contributed by atoms with van der Waals surface area (Å²) < 4.78 is 9.44. The van der Waals surface area contributed by atoms with Crippen molar-refractivity contribution in [2.75, 3.05) is 27.7 Å². The second-order valence-electron chi connectivity index (χ2n) is 8.67. The molecule has 0 aromatic heterocycles. The Morgan fingerprint density at radius 2 is 1.25 bits per heavy atom. The van der Waals surface area contributed by atoms with E-state index in [9.17, 15) is 15.0 Å². The molecule has 0 aromatic rings. The summed E-state index contributed by atoms with van der Waals surface area (Å²) in [5.74, 6) is -1.16. The van der Waals surface area contributed by atoms with Crippen molar-refractivity contribution in [2.45, 2.75) is 89.6 Å². The smallest absolute Gasteiger partial charge is 0.466 e. The summed E-state index contributed by atoms with van der Waals surface area (Å²) in [6.45, 7) is 2.68. The number of carbonyl (C=O) groups excluding carboxylic acids is 1. The minimum Gasteiger partial charge on any atom is -0.550 e. The zero-order valence-corrected chi connectivity index (χ0v) is 19.0. The molecule has 0 amide bonds. The van der Waals surface area contributed by atoms with Gasteiger partial charge in [-0.3, -0.25) is 0 Å². The summed E-state index contributed by atoms with van der Waals surface area (Å²) in [5, 5.41) is 21.5. The number of aliphatic carboxylic acids is 1. The quantitative estimate of drug-likeness (QED) is 0.178. The van der Waals surface area contributed by atoms with Crippen LogP contribution in [0.1, 0.15) is 84.0 Å². The van der Waals surface area contributed by atoms with Gasteiger partial charge < -0.3 is 34.2 Å². The van der Waals surface area contributed by atoms with Crippen LogP contribution in [0.3, 0.4) is 0 Å². The Morgan fingerprint density at radius 1 is 0.893 bits per heavy atom. The van der Waals surface area contributed by atoms with Gasteiger partial charge in [-0.05, 0) is 6.42 Å². The first-order chi connectivity index (χ1) is 12.7. The Labute approximate surface area is 170 Å². The molecule has 0 bridgehead atoms. The molecule has 0 spiro atoms. The minimum absolute atomic E-state index is 0.264. The molecule has 0 fully saturated rings. The van der Waals surface area contributed by atoms with E-state index in [2.05, 4.69) is 6.92 Å². The van der Waals surface area contributed by atoms with Gasteiger partial charge in [0.1, 0.15) is 12.1 Å². The molecule has 0 heterocycles. The van der Waals surface area contributed by atoms with E-state index in [0.29, 0.717) is 17.4 Å². The van der Waals surface area contributed by atoms with E-state index >= 15 is 0 Å². The first-order valence-corrected chi connectivity index (χ1v) is 11.8. The lowest BCUT2D eigenvalue weighted by molar-refractivity contribution is -0.877. The van der Waals surface area contributed by atoms with Crippen LogP contribution in [0.2, 0.25) is 0 Å². The Bertz CT molecular complexity index is 440. The zero-order chi connectivity index (χ0) is 22.3. The second-order valence-corrected chi connectivity index (χ2v) is 9.69. The van der Waals surface area contributed by atoms with E-state index in [1.54, 1.807) is 0 Å². The molecule has 4 N–H and O–H groups in total. The number of nitrogens with zero attached hydrogens (tertiary/aromatic N) is 1. The number of phosphoric acid groups is 1. The van der Waals surface area contributed by atoms with Crippen molar-refractivity contribution >= 4 is 13.8 Å². The van der Waals surface area contributed by atoms with Crippen LogP contribution in [0.25, 0.3) is 0 Å². The molecule has 0 aliphatic carbocycles. The van der Waals surface area contributed by atoms with E-state index < -0.39 is 19.4 Å². The molecular formula is C19H42NO7P. The summed E-state index contributed by atoms with van der Waals surface area (Å²) in [5.41, 5.74) is -1.14. The maximum Gasteiger partial charge on any atom is 0.466 e. The highest BCUT2D eigenvalue weighted by atomic mass is 31.2. The van der Waals surface area contributed by atoms with Crippen molar-refractivity contribution < 1.29 is 38.7 Å². The molecule has 9 heteroatoms. The third kappa shape index (κ3) is 27.7. The van der Waals surface area contributed by atoms with Crippen LogP contribution in [0.4, 0.5) is 0 Å². The lowest BCUT2D eigenvalue weighted by Crippen LogP contribution is -2.51. The maximum atomic E-state index is 10.9. The van der Waals surface area contributed by atoms with Gasteiger partial charge in [-0.25, -0.2) is 4.57 Å². The van der Waals surface area contributed by atoms with E-state index in [1.165, 1.54) is 51.4 Å². The average Bonchev–Trinajstić information content (AvgIpc) is 2.44. The van der Waals surface area contributed by atoms with Crippen molar-refractivity contribution in [3.05, 3.63) is 0 Å². The fourth-order valence-electron chi connectivity index (χ4n) is 3.32. The van der Waals surface area contributed by atoms with Crippen molar-refractivity contribution in [3.8, 4) is 0 Å². The van der Waals surface area contributed by atoms with Gasteiger partial charge in [-0.15, -0.1) is 0 Å². The monoisotopic (exact) mass is 427 g/mol. The molecule has 28 heavy (non-hydrogen) atoms. The van der Waals surface area contributed by atoms with Crippen LogP contribution in [0, 0.1) is 0 Å². The number of carbonyl (C=O) groups is 1. The van der Waals surface area contributed by atoms with E-state index in [-0.39, 0.29) is 6.42 Å². The molecule has 0 saturated heterocycles. The van der Waals surface area contributed by atoms with Crippen molar-refractivity contribution in [3.63, 3.8) is 0 Å². The topological polar surface area (TPSA) is 138 Å². The lowest BCUT2D eigenvalue weighted by atomic mass is 9.91. The van der Waals surface area contributed by atoms with Crippen LogP contribution < -0.4 is 5.11 Å². The van der Waals surface area contributed by atoms with Crippen molar-refractivity contribution in [1.29, 1.82) is 0 Å². The van der Waals surface area contributed by atoms with Crippen LogP contribution in [-0.4, -0.2) is 63.5 Å². The summed E-state index contributed by atoms with van der Waals surface area (Å²) in [4.78, 5) is 32.5. The number of hydrogen-bond donors (Lipinski definition) is 4. The number of carboxylic acids is 1. The largest absolute Gasteiger partial charge is 0.550 e. The molecule has 1 atom stereocenters. The minimum atomic E-state index is -4.64. The molecular weight excluding hydrogens is 385 g/mol. The molecule has 170 valence electrons. The summed E-state index contributed by atoms with van der Waals surface area (Å²) >= 11 is 0. The van der Waals surface area contributed by atoms with Gasteiger partial charge in [0, 0.05) is 12.4 Å². The summed E-state index contributed by atoms with van der Waals surface area (Å²) in [6.07, 6.45) is 12.7. The van der Waals surface area contributed by atoms with Crippen LogP contribution >= 0.6 is 7.82 Å². The highest BCUT2D eigenvalue weighted by molar-refractivity contribution is 7.45. The maximum absolute atomic E-state index is 10.9. The highest BCUT2D eigenvalue weighted by Crippen LogP contribution is 2.26. The van der Waals surface area contributed by atoms with Gasteiger partial charge in [0.15, 0.2) is 0 Å². The third-order valence-corrected chi connectivity index (χ3v) is 4.24. The molecule has 0 radical (unpaired) electrons.